The number of nitrogens with two attached hydrogens (primary N) is 1. The minimum Gasteiger partial charge on any atom is -0.507 e. The van der Waals surface area contributed by atoms with Gasteiger partial charge in [-0.15, -0.1) is 0 Å². The molecule has 0 saturated carbocycles. The molecule has 2 amide bonds. The van der Waals surface area contributed by atoms with Crippen molar-refractivity contribution < 1.29 is 43.6 Å². The van der Waals surface area contributed by atoms with Crippen LogP contribution in [0.5, 0.6) is 23.0 Å². The highest BCUT2D eigenvalue weighted by molar-refractivity contribution is 6.22. The molecule has 2 heterocycles. The van der Waals surface area contributed by atoms with Gasteiger partial charge < -0.3 is 30.2 Å². The summed E-state index contributed by atoms with van der Waals surface area (Å²) < 4.78 is 14.5. The first-order valence-corrected chi connectivity index (χ1v) is 13.7. The molecule has 6 rings (SSSR count). The van der Waals surface area contributed by atoms with Crippen LogP contribution in [-0.4, -0.2) is 53.1 Å². The van der Waals surface area contributed by atoms with Crippen molar-refractivity contribution in [3.8, 4) is 23.0 Å². The average molecular weight is 613 g/mol. The van der Waals surface area contributed by atoms with E-state index in [1.54, 1.807) is 32.4 Å². The first-order chi connectivity index (χ1) is 21.5. The summed E-state index contributed by atoms with van der Waals surface area (Å²) in [6.45, 7) is 4.69. The first kappa shape index (κ1) is 32.2. The lowest BCUT2D eigenvalue weighted by atomic mass is 10.1. The molecule has 4 N–H and O–H groups in total. The lowest BCUT2D eigenvalue weighted by Crippen LogP contribution is -2.29. The Labute approximate surface area is 259 Å². The van der Waals surface area contributed by atoms with Crippen LogP contribution in [0, 0.1) is 13.8 Å². The third-order valence-corrected chi connectivity index (χ3v) is 7.28. The summed E-state index contributed by atoms with van der Waals surface area (Å²) in [7, 11) is 3.25. The fraction of sp³-hybridized carbons (Fsp3) is 0.176. The molecule has 0 fully saturated rings. The molecule has 0 atom stereocenters. The van der Waals surface area contributed by atoms with Gasteiger partial charge >= 0.3 is 11.9 Å². The second-order valence-corrected chi connectivity index (χ2v) is 10.1. The number of ether oxygens (including phenoxy) is 3. The molecule has 2 aliphatic rings. The van der Waals surface area contributed by atoms with Crippen molar-refractivity contribution in [2.75, 3.05) is 14.2 Å². The second kappa shape index (κ2) is 13.7. The van der Waals surface area contributed by atoms with E-state index in [0.717, 1.165) is 27.5 Å². The molecule has 11 nitrogen and oxygen atoms in total. The molecule has 4 aromatic carbocycles. The van der Waals surface area contributed by atoms with Crippen molar-refractivity contribution in [2.45, 2.75) is 26.9 Å². The molecule has 45 heavy (non-hydrogen) atoms. The Hall–Kier alpha value is -5.68. The van der Waals surface area contributed by atoms with Gasteiger partial charge in [-0.25, -0.2) is 9.59 Å². The predicted octanol–water partition coefficient (Wildman–Crippen LogP) is 4.67. The molecule has 2 aliphatic heterocycles. The molecule has 0 spiro atoms. The van der Waals surface area contributed by atoms with Crippen molar-refractivity contribution >= 4 is 23.8 Å². The van der Waals surface area contributed by atoms with Crippen molar-refractivity contribution in [3.05, 3.63) is 117 Å². The number of aromatic hydroxyl groups is 2. The lowest BCUT2D eigenvalue weighted by Gasteiger charge is -2.16. The zero-order valence-electron chi connectivity index (χ0n) is 25.1. The van der Waals surface area contributed by atoms with Gasteiger partial charge in [-0.05, 0) is 84.6 Å². The van der Waals surface area contributed by atoms with Gasteiger partial charge in [0.2, 0.25) is 0 Å². The number of amides is 2. The van der Waals surface area contributed by atoms with E-state index in [1.165, 1.54) is 35.4 Å². The van der Waals surface area contributed by atoms with E-state index in [0.29, 0.717) is 6.54 Å². The van der Waals surface area contributed by atoms with Crippen LogP contribution in [0.25, 0.3) is 0 Å². The van der Waals surface area contributed by atoms with Gasteiger partial charge in [0, 0.05) is 6.54 Å². The lowest BCUT2D eigenvalue weighted by molar-refractivity contribution is 0.0441. The number of carbonyl (C=O) groups excluding carboxylic acids is 4. The van der Waals surface area contributed by atoms with Crippen LogP contribution < -0.4 is 15.2 Å². The Morgan fingerprint density at radius 1 is 0.689 bits per heavy atom. The fourth-order valence-electron chi connectivity index (χ4n) is 4.74. The minimum atomic E-state index is -0.784. The fourth-order valence-corrected chi connectivity index (χ4v) is 4.74. The van der Waals surface area contributed by atoms with Crippen LogP contribution in [-0.2, 0) is 17.8 Å². The molecule has 0 aliphatic carbocycles. The normalized spacial score (nSPS) is 12.8. The van der Waals surface area contributed by atoms with Crippen LogP contribution in [0.4, 0.5) is 0 Å². The monoisotopic (exact) mass is 612 g/mol. The van der Waals surface area contributed by atoms with E-state index in [4.69, 9.17) is 20.3 Å². The summed E-state index contributed by atoms with van der Waals surface area (Å²) in [6, 6.07) is 20.1. The summed E-state index contributed by atoms with van der Waals surface area (Å²) in [5, 5.41) is 19.0. The third kappa shape index (κ3) is 6.78. The highest BCUT2D eigenvalue weighted by atomic mass is 16.6. The highest BCUT2D eigenvalue weighted by Gasteiger charge is 2.37. The SMILES string of the molecule is COc1ccc(CN)c(C)c1.COc1ccc(CN2C(=O)c3cccc(O)c3C2=O)c(C)c1.O=C1OC(=O)c2c(O)cccc21. The van der Waals surface area contributed by atoms with Crippen molar-refractivity contribution in [2.24, 2.45) is 5.73 Å². The summed E-state index contributed by atoms with van der Waals surface area (Å²) in [4.78, 5) is 47.7. The van der Waals surface area contributed by atoms with Gasteiger partial charge in [-0.1, -0.05) is 24.3 Å². The molecular formula is C34H32N2O9. The number of methoxy groups -OCH3 is 2. The Morgan fingerprint density at radius 3 is 1.71 bits per heavy atom. The number of carbonyl (C=O) groups is 4. The first-order valence-electron chi connectivity index (χ1n) is 13.7. The van der Waals surface area contributed by atoms with E-state index >= 15 is 0 Å². The molecule has 0 aromatic heterocycles. The predicted molar refractivity (Wildman–Crippen MR) is 164 cm³/mol. The van der Waals surface area contributed by atoms with Crippen LogP contribution in [0.2, 0.25) is 0 Å². The number of esters is 2. The topological polar surface area (TPSA) is 166 Å². The Bertz CT molecular complexity index is 1800. The number of fused-ring (bicyclic) bond motifs is 2. The van der Waals surface area contributed by atoms with E-state index in [2.05, 4.69) is 4.74 Å². The summed E-state index contributed by atoms with van der Waals surface area (Å²) >= 11 is 0. The number of nitrogens with zero attached hydrogens (tertiary/aromatic N) is 1. The number of cyclic esters (lactones) is 2. The van der Waals surface area contributed by atoms with Gasteiger partial charge in [0.05, 0.1) is 37.5 Å². The number of hydrogen-bond donors (Lipinski definition) is 3. The second-order valence-electron chi connectivity index (χ2n) is 10.1. The summed E-state index contributed by atoms with van der Waals surface area (Å²) in [5.41, 5.74) is 10.1. The molecule has 11 heteroatoms. The maximum atomic E-state index is 12.4. The quantitative estimate of drug-likeness (QED) is 0.164. The zero-order chi connectivity index (χ0) is 32.8. The summed E-state index contributed by atoms with van der Waals surface area (Å²) in [5.74, 6) is -1.10. The number of benzene rings is 4. The molecule has 0 saturated heterocycles. The Kier molecular flexibility index (Phi) is 9.84. The van der Waals surface area contributed by atoms with Gasteiger partial charge in [-0.2, -0.15) is 0 Å². The molecule has 0 bridgehead atoms. The van der Waals surface area contributed by atoms with Gasteiger partial charge in [0.1, 0.15) is 28.6 Å². The van der Waals surface area contributed by atoms with Crippen molar-refractivity contribution in [1.29, 1.82) is 0 Å². The van der Waals surface area contributed by atoms with Crippen LogP contribution in [0.1, 0.15) is 63.7 Å². The maximum Gasteiger partial charge on any atom is 0.350 e. The molecule has 232 valence electrons. The number of imide groups is 1. The zero-order valence-corrected chi connectivity index (χ0v) is 25.1. The standard InChI is InChI=1S/C17H15NO4.C9H13NO.C8H4O4/c1-10-8-12(22-2)7-6-11(10)9-18-16(20)13-4-3-5-14(19)15(13)17(18)21;1-7-5-9(11-2)4-3-8(7)6-10;9-5-3-1-2-4-6(5)8(11)12-7(4)10/h3-8,19H,9H2,1-2H3;3-5H,6,10H2,1-2H3;1-3,9H. The van der Waals surface area contributed by atoms with E-state index in [9.17, 15) is 24.3 Å². The van der Waals surface area contributed by atoms with Crippen LogP contribution in [0.15, 0.2) is 72.8 Å². The van der Waals surface area contributed by atoms with E-state index < -0.39 is 17.8 Å². The van der Waals surface area contributed by atoms with Crippen molar-refractivity contribution in [3.63, 3.8) is 0 Å². The number of phenols is 2. The van der Waals surface area contributed by atoms with Crippen molar-refractivity contribution in [1.82, 2.24) is 4.90 Å². The molecular weight excluding hydrogens is 580 g/mol. The average Bonchev–Trinajstić information content (AvgIpc) is 3.46. The molecule has 4 aromatic rings. The third-order valence-electron chi connectivity index (χ3n) is 7.28. The van der Waals surface area contributed by atoms with E-state index in [-0.39, 0.29) is 46.2 Å². The number of hydrogen-bond acceptors (Lipinski definition) is 10. The molecule has 0 unspecified atom stereocenters. The largest absolute Gasteiger partial charge is 0.507 e. The summed E-state index contributed by atoms with van der Waals surface area (Å²) in [6.07, 6.45) is 0. The van der Waals surface area contributed by atoms with E-state index in [1.807, 2.05) is 44.2 Å². The van der Waals surface area contributed by atoms with Gasteiger partial charge in [-0.3, -0.25) is 14.5 Å². The number of aryl methyl sites for hydroxylation is 2. The van der Waals surface area contributed by atoms with Crippen LogP contribution in [0.3, 0.4) is 0 Å². The smallest absolute Gasteiger partial charge is 0.350 e. The Balaban J connectivity index is 0.000000169. The van der Waals surface area contributed by atoms with Gasteiger partial charge in [0.15, 0.2) is 0 Å². The number of rotatable bonds is 5. The Morgan fingerprint density at radius 2 is 1.22 bits per heavy atom. The highest BCUT2D eigenvalue weighted by Crippen LogP contribution is 2.32. The number of phenolic OH excluding ortho intramolecular Hbond substituents is 2. The van der Waals surface area contributed by atoms with Gasteiger partial charge in [0.25, 0.3) is 11.8 Å². The maximum absolute atomic E-state index is 12.4. The molecule has 0 radical (unpaired) electrons. The van der Waals surface area contributed by atoms with Crippen LogP contribution >= 0.6 is 0 Å². The minimum absolute atomic E-state index is 0.0394.